The average Bonchev–Trinajstić information content (AvgIpc) is 3.56. The van der Waals surface area contributed by atoms with E-state index < -0.39 is 6.36 Å². The average molecular weight is 579 g/mol. The Morgan fingerprint density at radius 1 is 1.05 bits per heavy atom. The van der Waals surface area contributed by atoms with E-state index in [1.54, 1.807) is 11.1 Å². The molecule has 4 aromatic rings. The van der Waals surface area contributed by atoms with Crippen LogP contribution in [0, 0.1) is 5.92 Å². The molecule has 210 valence electrons. The molecule has 1 aliphatic heterocycles. The molecule has 1 fully saturated rings. The first-order valence-corrected chi connectivity index (χ1v) is 13.7. The van der Waals surface area contributed by atoms with Crippen LogP contribution in [0.15, 0.2) is 89.3 Å². The fourth-order valence-corrected chi connectivity index (χ4v) is 5.01. The summed E-state index contributed by atoms with van der Waals surface area (Å²) in [4.78, 5) is 18.6. The monoisotopic (exact) mass is 578 g/mol. The van der Waals surface area contributed by atoms with Gasteiger partial charge in [-0.15, -0.1) is 23.4 Å². The Morgan fingerprint density at radius 2 is 1.78 bits per heavy atom. The number of hydrogen-bond donors (Lipinski definition) is 0. The molecule has 12 heteroatoms. The third-order valence-corrected chi connectivity index (χ3v) is 6.89. The highest BCUT2D eigenvalue weighted by Crippen LogP contribution is 2.31. The summed E-state index contributed by atoms with van der Waals surface area (Å²) in [6.45, 7) is 4.28. The molecule has 0 aliphatic carbocycles. The third-order valence-electron chi connectivity index (χ3n) is 5.97. The van der Waals surface area contributed by atoms with E-state index in [1.165, 1.54) is 47.0 Å². The van der Waals surface area contributed by atoms with E-state index in [2.05, 4.69) is 38.9 Å². The summed E-state index contributed by atoms with van der Waals surface area (Å²) >= 11 is 1.36. The molecule has 5 rings (SSSR count). The zero-order valence-electron chi connectivity index (χ0n) is 22.1. The molecule has 1 amide bonds. The van der Waals surface area contributed by atoms with Gasteiger partial charge in [0.25, 0.3) is 0 Å². The number of amides is 1. The van der Waals surface area contributed by atoms with E-state index in [0.717, 1.165) is 28.8 Å². The van der Waals surface area contributed by atoms with Crippen molar-refractivity contribution >= 4 is 34.7 Å². The second kappa shape index (κ2) is 12.0. The summed E-state index contributed by atoms with van der Waals surface area (Å²) < 4.78 is 42.5. The Bertz CT molecular complexity index is 1580. The van der Waals surface area contributed by atoms with Gasteiger partial charge in [-0.2, -0.15) is 5.10 Å². The number of carbonyl (C=O) groups excluding carboxylic acids is 1. The largest absolute Gasteiger partial charge is 0.573 e. The fraction of sp³-hybridized carbons (Fsp3) is 0.207. The van der Waals surface area contributed by atoms with Gasteiger partial charge < -0.3 is 4.74 Å². The van der Waals surface area contributed by atoms with Gasteiger partial charge in [0.15, 0.2) is 11.0 Å². The molecule has 41 heavy (non-hydrogen) atoms. The van der Waals surface area contributed by atoms with E-state index >= 15 is 0 Å². The van der Waals surface area contributed by atoms with Crippen LogP contribution in [0.2, 0.25) is 0 Å². The molecule has 8 nitrogen and oxygen atoms in total. The summed E-state index contributed by atoms with van der Waals surface area (Å²) in [6, 6.07) is 20.5. The maximum Gasteiger partial charge on any atom is 0.573 e. The van der Waals surface area contributed by atoms with Gasteiger partial charge in [-0.25, -0.2) is 9.67 Å². The molecule has 0 N–H and O–H groups in total. The SMILES string of the molecule is CC(C)Cc1ccccc1N1C(=O)CSC1=NN=Cc1ccc(-c2ncn(-c3ccc(OC(F)(F)F)cc3)n2)cc1. The number of carbonyl (C=O) groups is 1. The first-order valence-electron chi connectivity index (χ1n) is 12.7. The molecule has 0 unspecified atom stereocenters. The maximum atomic E-state index is 12.7. The number of halogens is 3. The van der Waals surface area contributed by atoms with Crippen molar-refractivity contribution in [3.8, 4) is 22.8 Å². The van der Waals surface area contributed by atoms with Crippen molar-refractivity contribution in [3.63, 3.8) is 0 Å². The summed E-state index contributed by atoms with van der Waals surface area (Å²) in [5.74, 6) is 0.860. The molecule has 1 aliphatic rings. The van der Waals surface area contributed by atoms with Gasteiger partial charge in [0.2, 0.25) is 5.91 Å². The molecule has 0 bridgehead atoms. The summed E-state index contributed by atoms with van der Waals surface area (Å²) in [7, 11) is 0. The molecule has 1 saturated heterocycles. The van der Waals surface area contributed by atoms with Crippen LogP contribution in [0.3, 0.4) is 0 Å². The van der Waals surface area contributed by atoms with Crippen molar-refractivity contribution in [2.24, 2.45) is 16.1 Å². The minimum absolute atomic E-state index is 0.0259. The topological polar surface area (TPSA) is 85.0 Å². The van der Waals surface area contributed by atoms with E-state index in [9.17, 15) is 18.0 Å². The fourth-order valence-electron chi connectivity index (χ4n) is 4.20. The Kier molecular flexibility index (Phi) is 8.20. The van der Waals surface area contributed by atoms with E-state index in [1.807, 2.05) is 48.5 Å². The Labute approximate surface area is 238 Å². The molecule has 0 radical (unpaired) electrons. The number of benzene rings is 3. The maximum absolute atomic E-state index is 12.7. The number of rotatable bonds is 8. The predicted molar refractivity (Wildman–Crippen MR) is 153 cm³/mol. The Hall–Kier alpha value is -4.45. The van der Waals surface area contributed by atoms with Gasteiger partial charge in [0, 0.05) is 5.56 Å². The highest BCUT2D eigenvalue weighted by Gasteiger charge is 2.32. The highest BCUT2D eigenvalue weighted by atomic mass is 32.2. The van der Waals surface area contributed by atoms with Crippen molar-refractivity contribution < 1.29 is 22.7 Å². The normalized spacial score (nSPS) is 15.0. The number of thioether (sulfide) groups is 1. The summed E-state index contributed by atoms with van der Waals surface area (Å²) in [6.07, 6.45) is -0.815. The number of aromatic nitrogens is 3. The van der Waals surface area contributed by atoms with Gasteiger partial charge in [0.05, 0.1) is 23.3 Å². The molecule has 0 saturated carbocycles. The molecule has 0 atom stereocenters. The molecule has 3 aromatic carbocycles. The Balaban J connectivity index is 1.27. The minimum atomic E-state index is -4.75. The lowest BCUT2D eigenvalue weighted by molar-refractivity contribution is -0.274. The Morgan fingerprint density at radius 3 is 2.49 bits per heavy atom. The van der Waals surface area contributed by atoms with Crippen molar-refractivity contribution in [3.05, 3.63) is 90.3 Å². The predicted octanol–water partition coefficient (Wildman–Crippen LogP) is 6.50. The number of amidine groups is 1. The van der Waals surface area contributed by atoms with Crippen LogP contribution < -0.4 is 9.64 Å². The van der Waals surface area contributed by atoms with Gasteiger partial charge in [-0.3, -0.25) is 9.69 Å². The van der Waals surface area contributed by atoms with Crippen LogP contribution in [-0.4, -0.2) is 44.2 Å². The smallest absolute Gasteiger partial charge is 0.406 e. The highest BCUT2D eigenvalue weighted by molar-refractivity contribution is 8.15. The van der Waals surface area contributed by atoms with E-state index in [0.29, 0.717) is 28.4 Å². The quantitative estimate of drug-likeness (QED) is 0.176. The minimum Gasteiger partial charge on any atom is -0.406 e. The molecular formula is C29H25F3N6O2S. The van der Waals surface area contributed by atoms with Gasteiger partial charge in [-0.1, -0.05) is 68.1 Å². The molecule has 1 aromatic heterocycles. The summed E-state index contributed by atoms with van der Waals surface area (Å²) in [5.41, 5.74) is 4.00. The van der Waals surface area contributed by atoms with Gasteiger partial charge >= 0.3 is 6.36 Å². The lowest BCUT2D eigenvalue weighted by atomic mass is 10.0. The summed E-state index contributed by atoms with van der Waals surface area (Å²) in [5, 5.41) is 13.5. The molecule has 2 heterocycles. The number of hydrogen-bond acceptors (Lipinski definition) is 7. The zero-order chi connectivity index (χ0) is 29.0. The first kappa shape index (κ1) is 28.1. The standard InChI is InChI=1S/C29H25F3N6O2S/c1-19(2)15-22-5-3-4-6-25(22)38-26(39)17-41-28(38)35-34-16-20-7-9-21(10-8-20)27-33-18-37(36-27)23-11-13-24(14-12-23)40-29(30,31)32/h3-14,16,18-19H,15,17H2,1-2H3. The lowest BCUT2D eigenvalue weighted by Crippen LogP contribution is -2.30. The molecule has 0 spiro atoms. The van der Waals surface area contributed by atoms with E-state index in [-0.39, 0.29) is 11.7 Å². The van der Waals surface area contributed by atoms with Crippen molar-refractivity contribution in [1.82, 2.24) is 14.8 Å². The number of alkyl halides is 3. The van der Waals surface area contributed by atoms with Crippen LogP contribution in [0.1, 0.15) is 25.0 Å². The lowest BCUT2D eigenvalue weighted by Gasteiger charge is -2.20. The van der Waals surface area contributed by atoms with E-state index in [4.69, 9.17) is 0 Å². The van der Waals surface area contributed by atoms with Crippen LogP contribution in [-0.2, 0) is 11.2 Å². The van der Waals surface area contributed by atoms with Crippen molar-refractivity contribution in [1.29, 1.82) is 0 Å². The second-order valence-corrected chi connectivity index (χ2v) is 10.5. The zero-order valence-corrected chi connectivity index (χ0v) is 22.9. The number of nitrogens with zero attached hydrogens (tertiary/aromatic N) is 6. The number of ether oxygens (including phenoxy) is 1. The first-order chi connectivity index (χ1) is 19.7. The third kappa shape index (κ3) is 7.01. The number of anilines is 1. The van der Waals surface area contributed by atoms with Crippen LogP contribution in [0.4, 0.5) is 18.9 Å². The van der Waals surface area contributed by atoms with Crippen LogP contribution in [0.25, 0.3) is 17.1 Å². The van der Waals surface area contributed by atoms with Gasteiger partial charge in [-0.05, 0) is 53.8 Å². The molecular weight excluding hydrogens is 553 g/mol. The van der Waals surface area contributed by atoms with Crippen molar-refractivity contribution in [2.75, 3.05) is 10.7 Å². The number of para-hydroxylation sites is 1. The van der Waals surface area contributed by atoms with Crippen LogP contribution >= 0.6 is 11.8 Å². The van der Waals surface area contributed by atoms with Crippen molar-refractivity contribution in [2.45, 2.75) is 26.6 Å². The van der Waals surface area contributed by atoms with Crippen LogP contribution in [0.5, 0.6) is 5.75 Å². The van der Waals surface area contributed by atoms with Gasteiger partial charge in [0.1, 0.15) is 12.1 Å². The second-order valence-electron chi connectivity index (χ2n) is 9.55.